The lowest BCUT2D eigenvalue weighted by Crippen LogP contribution is -2.14. The highest BCUT2D eigenvalue weighted by molar-refractivity contribution is 6.31. The second-order valence-electron chi connectivity index (χ2n) is 5.51. The van der Waals surface area contributed by atoms with Gasteiger partial charge in [-0.1, -0.05) is 35.3 Å². The standard InChI is InChI=1S/C20H14Cl2N2O2/c21-15-3-1-5-17(11-15)23-19(25)13-7-9-14(10-8-13)20(26)24-18-6-2-4-16(22)12-18/h1-12H,(H,23,25)(H,24,26). The summed E-state index contributed by atoms with van der Waals surface area (Å²) in [4.78, 5) is 24.5. The zero-order valence-corrected chi connectivity index (χ0v) is 15.0. The van der Waals surface area contributed by atoms with Crippen molar-refractivity contribution in [2.45, 2.75) is 0 Å². The minimum atomic E-state index is -0.283. The van der Waals surface area contributed by atoms with Gasteiger partial charge in [0.15, 0.2) is 0 Å². The summed E-state index contributed by atoms with van der Waals surface area (Å²) in [5.41, 5.74) is 2.07. The lowest BCUT2D eigenvalue weighted by atomic mass is 10.1. The van der Waals surface area contributed by atoms with Crippen LogP contribution >= 0.6 is 23.2 Å². The first-order chi connectivity index (χ1) is 12.5. The van der Waals surface area contributed by atoms with Crippen molar-refractivity contribution >= 4 is 46.4 Å². The minimum absolute atomic E-state index is 0.283. The number of benzene rings is 3. The van der Waals surface area contributed by atoms with Crippen molar-refractivity contribution < 1.29 is 9.59 Å². The number of hydrogen-bond acceptors (Lipinski definition) is 2. The number of hydrogen-bond donors (Lipinski definition) is 2. The van der Waals surface area contributed by atoms with Gasteiger partial charge in [-0.3, -0.25) is 9.59 Å². The number of nitrogens with one attached hydrogen (secondary N) is 2. The molecule has 2 N–H and O–H groups in total. The molecule has 3 rings (SSSR count). The average molecular weight is 385 g/mol. The van der Waals surface area contributed by atoms with E-state index in [9.17, 15) is 9.59 Å². The van der Waals surface area contributed by atoms with Gasteiger partial charge >= 0.3 is 0 Å². The third-order valence-electron chi connectivity index (χ3n) is 3.57. The molecule has 6 heteroatoms. The highest BCUT2D eigenvalue weighted by atomic mass is 35.5. The molecule has 0 aliphatic rings. The van der Waals surface area contributed by atoms with Crippen LogP contribution in [0.2, 0.25) is 10.0 Å². The van der Waals surface area contributed by atoms with Gasteiger partial charge in [-0.15, -0.1) is 0 Å². The fourth-order valence-corrected chi connectivity index (χ4v) is 2.69. The summed E-state index contributed by atoms with van der Waals surface area (Å²) in [6.45, 7) is 0. The van der Waals surface area contributed by atoms with Gasteiger partial charge in [-0.05, 0) is 60.7 Å². The second-order valence-corrected chi connectivity index (χ2v) is 6.38. The Morgan fingerprint density at radius 1 is 0.615 bits per heavy atom. The summed E-state index contributed by atoms with van der Waals surface area (Å²) in [6.07, 6.45) is 0. The minimum Gasteiger partial charge on any atom is -0.322 e. The van der Waals surface area contributed by atoms with Crippen molar-refractivity contribution in [3.8, 4) is 0 Å². The average Bonchev–Trinajstić information content (AvgIpc) is 2.62. The molecule has 0 radical (unpaired) electrons. The van der Waals surface area contributed by atoms with Crippen molar-refractivity contribution in [2.24, 2.45) is 0 Å². The lowest BCUT2D eigenvalue weighted by molar-refractivity contribution is 0.101. The Hall–Kier alpha value is -2.82. The van der Waals surface area contributed by atoms with Gasteiger partial charge in [-0.25, -0.2) is 0 Å². The molecule has 0 saturated heterocycles. The molecule has 0 heterocycles. The van der Waals surface area contributed by atoms with E-state index < -0.39 is 0 Å². The van der Waals surface area contributed by atoms with Crippen LogP contribution in [-0.4, -0.2) is 11.8 Å². The van der Waals surface area contributed by atoms with E-state index in [1.54, 1.807) is 72.8 Å². The predicted molar refractivity (Wildman–Crippen MR) is 105 cm³/mol. The molecule has 0 aromatic heterocycles. The van der Waals surface area contributed by atoms with Crippen molar-refractivity contribution in [3.05, 3.63) is 94.0 Å². The van der Waals surface area contributed by atoms with Crippen molar-refractivity contribution in [2.75, 3.05) is 10.6 Å². The Bertz CT molecular complexity index is 878. The SMILES string of the molecule is O=C(Nc1cccc(Cl)c1)c1ccc(C(=O)Nc2cccc(Cl)c2)cc1. The fraction of sp³-hybridized carbons (Fsp3) is 0. The zero-order chi connectivity index (χ0) is 18.5. The normalized spacial score (nSPS) is 10.2. The molecule has 0 aliphatic carbocycles. The second kappa shape index (κ2) is 8.04. The van der Waals surface area contributed by atoms with Gasteiger partial charge in [0.1, 0.15) is 0 Å². The van der Waals surface area contributed by atoms with Crippen LogP contribution in [-0.2, 0) is 0 Å². The van der Waals surface area contributed by atoms with Crippen LogP contribution in [0.3, 0.4) is 0 Å². The number of halogens is 2. The summed E-state index contributed by atoms with van der Waals surface area (Å²) in [5, 5.41) is 6.59. The molecule has 3 aromatic rings. The third-order valence-corrected chi connectivity index (χ3v) is 4.04. The molecule has 4 nitrogen and oxygen atoms in total. The smallest absolute Gasteiger partial charge is 0.255 e. The molecule has 130 valence electrons. The van der Waals surface area contributed by atoms with E-state index in [1.807, 2.05) is 0 Å². The maximum absolute atomic E-state index is 12.3. The summed E-state index contributed by atoms with van der Waals surface area (Å²) in [7, 11) is 0. The molecule has 26 heavy (non-hydrogen) atoms. The van der Waals surface area contributed by atoms with E-state index in [1.165, 1.54) is 0 Å². The van der Waals surface area contributed by atoms with Crippen molar-refractivity contribution in [1.29, 1.82) is 0 Å². The zero-order valence-electron chi connectivity index (χ0n) is 13.5. The van der Waals surface area contributed by atoms with Gasteiger partial charge < -0.3 is 10.6 Å². The summed E-state index contributed by atoms with van der Waals surface area (Å²) < 4.78 is 0. The van der Waals surface area contributed by atoms with E-state index in [4.69, 9.17) is 23.2 Å². The third kappa shape index (κ3) is 4.63. The number of carbonyl (C=O) groups is 2. The molecule has 0 atom stereocenters. The molecule has 0 aliphatic heterocycles. The van der Waals surface area contributed by atoms with Crippen LogP contribution in [0, 0.1) is 0 Å². The monoisotopic (exact) mass is 384 g/mol. The molecule has 0 unspecified atom stereocenters. The first kappa shape index (κ1) is 18.0. The van der Waals surface area contributed by atoms with Gasteiger partial charge in [0.05, 0.1) is 0 Å². The Balaban J connectivity index is 1.67. The van der Waals surface area contributed by atoms with Crippen LogP contribution in [0.15, 0.2) is 72.8 Å². The molecule has 0 fully saturated rings. The fourth-order valence-electron chi connectivity index (χ4n) is 2.31. The van der Waals surface area contributed by atoms with Gasteiger partial charge in [0.2, 0.25) is 0 Å². The molecular weight excluding hydrogens is 371 g/mol. The molecule has 2 amide bonds. The molecule has 0 bridgehead atoms. The maximum atomic E-state index is 12.3. The summed E-state index contributed by atoms with van der Waals surface area (Å²) in [6, 6.07) is 20.1. The number of anilines is 2. The summed E-state index contributed by atoms with van der Waals surface area (Å²) in [5.74, 6) is -0.567. The van der Waals surface area contributed by atoms with Gasteiger partial charge in [0.25, 0.3) is 11.8 Å². The first-order valence-electron chi connectivity index (χ1n) is 7.75. The highest BCUT2D eigenvalue weighted by Gasteiger charge is 2.10. The summed E-state index contributed by atoms with van der Waals surface area (Å²) >= 11 is 11.8. The molecule has 0 spiro atoms. The Morgan fingerprint density at radius 2 is 1.00 bits per heavy atom. The number of carbonyl (C=O) groups excluding carboxylic acids is 2. The van der Waals surface area contributed by atoms with E-state index in [-0.39, 0.29) is 11.8 Å². The number of rotatable bonds is 4. The molecular formula is C20H14Cl2N2O2. The van der Waals surface area contributed by atoms with E-state index >= 15 is 0 Å². The van der Waals surface area contributed by atoms with E-state index in [0.29, 0.717) is 32.5 Å². The first-order valence-corrected chi connectivity index (χ1v) is 8.51. The molecule has 3 aromatic carbocycles. The van der Waals surface area contributed by atoms with Gasteiger partial charge in [0, 0.05) is 32.5 Å². The molecule has 0 saturated carbocycles. The highest BCUT2D eigenvalue weighted by Crippen LogP contribution is 2.18. The Labute approximate surface area is 160 Å². The van der Waals surface area contributed by atoms with Crippen LogP contribution in [0.1, 0.15) is 20.7 Å². The van der Waals surface area contributed by atoms with Crippen LogP contribution in [0.5, 0.6) is 0 Å². The predicted octanol–water partition coefficient (Wildman–Crippen LogP) is 5.50. The van der Waals surface area contributed by atoms with Crippen LogP contribution in [0.25, 0.3) is 0 Å². The van der Waals surface area contributed by atoms with Gasteiger partial charge in [-0.2, -0.15) is 0 Å². The van der Waals surface area contributed by atoms with Crippen LogP contribution in [0.4, 0.5) is 11.4 Å². The quantitative estimate of drug-likeness (QED) is 0.623. The van der Waals surface area contributed by atoms with E-state index in [2.05, 4.69) is 10.6 Å². The Kier molecular flexibility index (Phi) is 5.56. The maximum Gasteiger partial charge on any atom is 0.255 e. The Morgan fingerprint density at radius 3 is 1.35 bits per heavy atom. The van der Waals surface area contributed by atoms with Crippen molar-refractivity contribution in [1.82, 2.24) is 0 Å². The van der Waals surface area contributed by atoms with E-state index in [0.717, 1.165) is 0 Å². The topological polar surface area (TPSA) is 58.2 Å². The number of amides is 2. The van der Waals surface area contributed by atoms with Crippen molar-refractivity contribution in [3.63, 3.8) is 0 Å². The largest absolute Gasteiger partial charge is 0.322 e. The lowest BCUT2D eigenvalue weighted by Gasteiger charge is -2.08. The van der Waals surface area contributed by atoms with Crippen LogP contribution < -0.4 is 10.6 Å².